The molecule has 7 heteroatoms. The lowest BCUT2D eigenvalue weighted by molar-refractivity contribution is -0.116. The molecule has 2 N–H and O–H groups in total. The number of amides is 2. The Morgan fingerprint density at radius 2 is 1.58 bits per heavy atom. The second kappa shape index (κ2) is 8.92. The molecule has 4 nitrogen and oxygen atoms in total. The average Bonchev–Trinajstić information content (AvgIpc) is 2.55. The molecule has 0 aliphatic rings. The molecule has 0 fully saturated rings. The van der Waals surface area contributed by atoms with Crippen molar-refractivity contribution >= 4 is 52.3 Å². The van der Waals surface area contributed by atoms with Crippen LogP contribution in [0, 0.1) is 0 Å². The Bertz CT molecular complexity index is 733. The van der Waals surface area contributed by atoms with Gasteiger partial charge in [0.2, 0.25) is 5.91 Å². The van der Waals surface area contributed by atoms with Crippen molar-refractivity contribution in [2.75, 3.05) is 11.9 Å². The molecule has 2 amide bonds. The van der Waals surface area contributed by atoms with Gasteiger partial charge in [-0.05, 0) is 48.9 Å². The molecule has 2 aromatic carbocycles. The van der Waals surface area contributed by atoms with E-state index in [4.69, 9.17) is 34.8 Å². The molecule has 0 aliphatic heterocycles. The summed E-state index contributed by atoms with van der Waals surface area (Å²) in [5.74, 6) is -0.398. The molecular formula is C17H15Cl3N2O2. The Morgan fingerprint density at radius 3 is 2.29 bits per heavy atom. The second-order valence-corrected chi connectivity index (χ2v) is 6.32. The van der Waals surface area contributed by atoms with Crippen molar-refractivity contribution < 1.29 is 9.59 Å². The number of carbonyl (C=O) groups is 2. The van der Waals surface area contributed by atoms with E-state index in [1.165, 1.54) is 0 Å². The van der Waals surface area contributed by atoms with Crippen LogP contribution in [0.3, 0.4) is 0 Å². The summed E-state index contributed by atoms with van der Waals surface area (Å²) in [6.45, 7) is 0.387. The normalized spacial score (nSPS) is 10.3. The van der Waals surface area contributed by atoms with Gasteiger partial charge in [-0.15, -0.1) is 0 Å². The lowest BCUT2D eigenvalue weighted by atomic mass is 10.2. The van der Waals surface area contributed by atoms with Crippen molar-refractivity contribution in [2.24, 2.45) is 0 Å². The second-order valence-electron chi connectivity index (χ2n) is 5.04. The summed E-state index contributed by atoms with van der Waals surface area (Å²) in [7, 11) is 0. The highest BCUT2D eigenvalue weighted by atomic mass is 35.5. The van der Waals surface area contributed by atoms with E-state index in [9.17, 15) is 9.59 Å². The highest BCUT2D eigenvalue weighted by Crippen LogP contribution is 2.25. The zero-order valence-corrected chi connectivity index (χ0v) is 14.9. The van der Waals surface area contributed by atoms with Crippen molar-refractivity contribution in [3.8, 4) is 0 Å². The lowest BCUT2D eigenvalue weighted by Gasteiger charge is -2.08. The molecule has 0 saturated carbocycles. The monoisotopic (exact) mass is 384 g/mol. The van der Waals surface area contributed by atoms with Crippen molar-refractivity contribution in [1.29, 1.82) is 0 Å². The number of hydrogen-bond acceptors (Lipinski definition) is 2. The minimum Gasteiger partial charge on any atom is -0.352 e. The predicted molar refractivity (Wildman–Crippen MR) is 98.1 cm³/mol. The molecule has 0 spiro atoms. The van der Waals surface area contributed by atoms with Crippen LogP contribution in [0.4, 0.5) is 5.69 Å². The van der Waals surface area contributed by atoms with Gasteiger partial charge >= 0.3 is 0 Å². The van der Waals surface area contributed by atoms with Crippen LogP contribution in [-0.4, -0.2) is 18.4 Å². The standard InChI is InChI=1S/C17H15Cl3N2O2/c18-12-5-3-11(4-6-12)17(24)21-9-1-2-16(23)22-15-10-13(19)7-8-14(15)20/h3-8,10H,1-2,9H2,(H,21,24)(H,22,23). The van der Waals surface area contributed by atoms with E-state index in [0.717, 1.165) is 0 Å². The maximum absolute atomic E-state index is 11.9. The summed E-state index contributed by atoms with van der Waals surface area (Å²) in [5, 5.41) is 6.93. The number of halogens is 3. The number of rotatable bonds is 6. The van der Waals surface area contributed by atoms with E-state index in [2.05, 4.69) is 10.6 Å². The number of hydrogen-bond donors (Lipinski definition) is 2. The molecule has 2 aromatic rings. The van der Waals surface area contributed by atoms with E-state index in [1.54, 1.807) is 42.5 Å². The van der Waals surface area contributed by atoms with Crippen molar-refractivity contribution in [3.05, 3.63) is 63.1 Å². The molecular weight excluding hydrogens is 371 g/mol. The average molecular weight is 386 g/mol. The highest BCUT2D eigenvalue weighted by molar-refractivity contribution is 6.35. The molecule has 0 bridgehead atoms. The van der Waals surface area contributed by atoms with Gasteiger partial charge in [0.15, 0.2) is 0 Å². The lowest BCUT2D eigenvalue weighted by Crippen LogP contribution is -2.25. The van der Waals surface area contributed by atoms with Crippen molar-refractivity contribution in [1.82, 2.24) is 5.32 Å². The quantitative estimate of drug-likeness (QED) is 0.702. The van der Waals surface area contributed by atoms with Crippen molar-refractivity contribution in [3.63, 3.8) is 0 Å². The molecule has 126 valence electrons. The van der Waals surface area contributed by atoms with Gasteiger partial charge in [0.25, 0.3) is 5.91 Å². The summed E-state index contributed by atoms with van der Waals surface area (Å²) < 4.78 is 0. The van der Waals surface area contributed by atoms with Crippen LogP contribution in [0.2, 0.25) is 15.1 Å². The third kappa shape index (κ3) is 5.71. The van der Waals surface area contributed by atoms with Crippen LogP contribution < -0.4 is 10.6 Å². The number of carbonyl (C=O) groups excluding carboxylic acids is 2. The van der Waals surface area contributed by atoms with Crippen LogP contribution in [0.25, 0.3) is 0 Å². The fraction of sp³-hybridized carbons (Fsp3) is 0.176. The zero-order chi connectivity index (χ0) is 17.5. The van der Waals surface area contributed by atoms with E-state index in [-0.39, 0.29) is 18.2 Å². The van der Waals surface area contributed by atoms with Crippen LogP contribution in [0.1, 0.15) is 23.2 Å². The molecule has 2 rings (SSSR count). The van der Waals surface area contributed by atoms with Crippen LogP contribution >= 0.6 is 34.8 Å². The topological polar surface area (TPSA) is 58.2 Å². The maximum Gasteiger partial charge on any atom is 0.251 e. The van der Waals surface area contributed by atoms with Gasteiger partial charge in [-0.2, -0.15) is 0 Å². The fourth-order valence-electron chi connectivity index (χ4n) is 1.96. The van der Waals surface area contributed by atoms with Gasteiger partial charge < -0.3 is 10.6 Å². The first kappa shape index (κ1) is 18.6. The van der Waals surface area contributed by atoms with Gasteiger partial charge in [0, 0.05) is 28.6 Å². The van der Waals surface area contributed by atoms with E-state index in [1.807, 2.05) is 0 Å². The highest BCUT2D eigenvalue weighted by Gasteiger charge is 2.08. The number of benzene rings is 2. The van der Waals surface area contributed by atoms with Crippen LogP contribution in [0.5, 0.6) is 0 Å². The van der Waals surface area contributed by atoms with E-state index in [0.29, 0.717) is 39.3 Å². The van der Waals surface area contributed by atoms with E-state index < -0.39 is 0 Å². The van der Waals surface area contributed by atoms with Gasteiger partial charge in [-0.25, -0.2) is 0 Å². The van der Waals surface area contributed by atoms with Gasteiger partial charge in [-0.1, -0.05) is 34.8 Å². The smallest absolute Gasteiger partial charge is 0.251 e. The molecule has 0 heterocycles. The molecule has 0 saturated heterocycles. The minimum atomic E-state index is -0.204. The molecule has 0 aliphatic carbocycles. The molecule has 0 atom stereocenters. The first-order valence-corrected chi connectivity index (χ1v) is 8.38. The largest absolute Gasteiger partial charge is 0.352 e. The maximum atomic E-state index is 11.9. The Balaban J connectivity index is 1.73. The molecule has 0 aromatic heterocycles. The van der Waals surface area contributed by atoms with Crippen molar-refractivity contribution in [2.45, 2.75) is 12.8 Å². The molecule has 24 heavy (non-hydrogen) atoms. The third-order valence-corrected chi connectivity index (χ3v) is 3.99. The Labute approximate surface area is 155 Å². The Kier molecular flexibility index (Phi) is 6.91. The summed E-state index contributed by atoms with van der Waals surface area (Å²) in [5.41, 5.74) is 0.994. The predicted octanol–water partition coefficient (Wildman–Crippen LogP) is 4.80. The zero-order valence-electron chi connectivity index (χ0n) is 12.6. The van der Waals surface area contributed by atoms with Gasteiger partial charge in [-0.3, -0.25) is 9.59 Å². The van der Waals surface area contributed by atoms with Crippen LogP contribution in [0.15, 0.2) is 42.5 Å². The SMILES string of the molecule is O=C(CCCNC(=O)c1ccc(Cl)cc1)Nc1cc(Cl)ccc1Cl. The first-order chi connectivity index (χ1) is 11.5. The molecule has 0 radical (unpaired) electrons. The van der Waals surface area contributed by atoms with Crippen LogP contribution in [-0.2, 0) is 4.79 Å². The Hall–Kier alpha value is -1.75. The summed E-state index contributed by atoms with van der Waals surface area (Å²) in [4.78, 5) is 23.8. The summed E-state index contributed by atoms with van der Waals surface area (Å²) in [6, 6.07) is 11.4. The first-order valence-electron chi connectivity index (χ1n) is 7.24. The summed E-state index contributed by atoms with van der Waals surface area (Å²) in [6.07, 6.45) is 0.757. The van der Waals surface area contributed by atoms with Gasteiger partial charge in [0.05, 0.1) is 10.7 Å². The third-order valence-electron chi connectivity index (χ3n) is 3.18. The number of nitrogens with one attached hydrogen (secondary N) is 2. The molecule has 0 unspecified atom stereocenters. The Morgan fingerprint density at radius 1 is 0.917 bits per heavy atom. The number of anilines is 1. The summed E-state index contributed by atoms with van der Waals surface area (Å²) >= 11 is 17.6. The van der Waals surface area contributed by atoms with E-state index >= 15 is 0 Å². The minimum absolute atomic E-state index is 0.195. The fourth-order valence-corrected chi connectivity index (χ4v) is 2.42. The van der Waals surface area contributed by atoms with Gasteiger partial charge in [0.1, 0.15) is 0 Å².